The number of alkyl halides is 3. The Morgan fingerprint density at radius 1 is 1.31 bits per heavy atom. The molecule has 0 radical (unpaired) electrons. The summed E-state index contributed by atoms with van der Waals surface area (Å²) in [4.78, 5) is 26.0. The smallest absolute Gasteiger partial charge is 0.416 e. The summed E-state index contributed by atoms with van der Waals surface area (Å²) in [6, 6.07) is 2.40. The van der Waals surface area contributed by atoms with Crippen LogP contribution in [0.25, 0.3) is 11.3 Å². The van der Waals surface area contributed by atoms with Crippen molar-refractivity contribution in [3.05, 3.63) is 34.9 Å². The maximum atomic E-state index is 12.9. The van der Waals surface area contributed by atoms with Gasteiger partial charge in [0, 0.05) is 24.7 Å². The first kappa shape index (κ1) is 26.2. The molecule has 0 saturated carbocycles. The molecule has 1 fully saturated rings. The molecule has 9 nitrogen and oxygen atoms in total. The number of phenols is 1. The monoisotopic (exact) mass is 495 g/mol. The average molecular weight is 496 g/mol. The van der Waals surface area contributed by atoms with Crippen LogP contribution in [-0.2, 0) is 15.7 Å². The molecule has 1 aromatic carbocycles. The van der Waals surface area contributed by atoms with Crippen molar-refractivity contribution in [1.82, 2.24) is 15.1 Å². The number of likely N-dealkylation sites (tertiary alicyclic amines) is 1. The Hall–Kier alpha value is -3.41. The number of carbonyl (C=O) groups is 2. The van der Waals surface area contributed by atoms with Crippen LogP contribution in [0.3, 0.4) is 0 Å². The number of hydrogen-bond acceptors (Lipinski definition) is 8. The third kappa shape index (κ3) is 6.38. The van der Waals surface area contributed by atoms with Crippen molar-refractivity contribution < 1.29 is 32.6 Å². The normalized spacial score (nSPS) is 16.7. The lowest BCUT2D eigenvalue weighted by molar-refractivity contribution is -0.143. The number of aromatic hydroxyl groups is 1. The molecule has 12 heteroatoms. The molecule has 0 unspecified atom stereocenters. The number of esters is 1. The first-order valence-electron chi connectivity index (χ1n) is 11.2. The van der Waals surface area contributed by atoms with Gasteiger partial charge in [-0.15, -0.1) is 10.2 Å². The molecule has 2 aromatic rings. The number of nitrogens with one attached hydrogen (secondary N) is 1. The predicted octanol–water partition coefficient (Wildman–Crippen LogP) is 3.10. The summed E-state index contributed by atoms with van der Waals surface area (Å²) in [5, 5.41) is 21.6. The van der Waals surface area contributed by atoms with E-state index in [0.717, 1.165) is 31.5 Å². The lowest BCUT2D eigenvalue weighted by Gasteiger charge is -2.33. The van der Waals surface area contributed by atoms with E-state index in [1.165, 1.54) is 0 Å². The average Bonchev–Trinajstić information content (AvgIpc) is 2.78. The zero-order valence-electron chi connectivity index (χ0n) is 19.5. The van der Waals surface area contributed by atoms with Crippen molar-refractivity contribution in [2.45, 2.75) is 45.3 Å². The molecule has 1 aliphatic heterocycles. The van der Waals surface area contributed by atoms with Crippen molar-refractivity contribution in [2.24, 2.45) is 5.73 Å². The molecule has 1 aliphatic rings. The zero-order chi connectivity index (χ0) is 25.8. The van der Waals surface area contributed by atoms with Gasteiger partial charge in [-0.2, -0.15) is 13.2 Å². The van der Waals surface area contributed by atoms with Crippen LogP contribution in [0.4, 0.5) is 19.0 Å². The first-order chi connectivity index (χ1) is 16.5. The van der Waals surface area contributed by atoms with Crippen LogP contribution >= 0.6 is 0 Å². The minimum absolute atomic E-state index is 0.000133. The Balaban J connectivity index is 1.81. The molecule has 3 rings (SSSR count). The Morgan fingerprint density at radius 2 is 2.06 bits per heavy atom. The van der Waals surface area contributed by atoms with Crippen LogP contribution < -0.4 is 11.1 Å². The number of phenolic OH excluding ortho intramolecular Hbond substituents is 1. The fraction of sp³-hybridized carbons (Fsp3) is 0.478. The molecule has 0 spiro atoms. The molecule has 1 amide bonds. The van der Waals surface area contributed by atoms with Crippen molar-refractivity contribution in [3.8, 4) is 17.0 Å². The molecule has 1 atom stereocenters. The standard InChI is InChI=1S/C23H28F3N5O4/c1-3-35-18(33)8-10-31-9-4-5-15(12-31)28-22-19(21(27)34)13(2)20(29-30-22)16-7-6-14(11-17(16)32)23(24,25)26/h6-7,11,15,32H,3-5,8-10,12H2,1-2H3,(H2,27,34)(H,28,30)/t15-/m1/s1. The SMILES string of the molecule is CCOC(=O)CCN1CCC[C@@H](Nc2nnc(-c3ccc(C(F)(F)F)cc3O)c(C)c2C(N)=O)C1. The van der Waals surface area contributed by atoms with E-state index in [-0.39, 0.29) is 46.6 Å². The topological polar surface area (TPSA) is 131 Å². The van der Waals surface area contributed by atoms with Gasteiger partial charge in [-0.3, -0.25) is 9.59 Å². The highest BCUT2D eigenvalue weighted by molar-refractivity contribution is 6.00. The summed E-state index contributed by atoms with van der Waals surface area (Å²) in [6.07, 6.45) is -2.70. The van der Waals surface area contributed by atoms with Gasteiger partial charge < -0.3 is 25.8 Å². The van der Waals surface area contributed by atoms with Gasteiger partial charge in [0.2, 0.25) is 0 Å². The van der Waals surface area contributed by atoms with Crippen LogP contribution in [0.5, 0.6) is 5.75 Å². The summed E-state index contributed by atoms with van der Waals surface area (Å²) >= 11 is 0. The van der Waals surface area contributed by atoms with Gasteiger partial charge in [-0.1, -0.05) is 0 Å². The summed E-state index contributed by atoms with van der Waals surface area (Å²) in [5.74, 6) is -1.54. The largest absolute Gasteiger partial charge is 0.507 e. The minimum Gasteiger partial charge on any atom is -0.507 e. The molecule has 0 bridgehead atoms. The number of piperidine rings is 1. The van der Waals surface area contributed by atoms with Gasteiger partial charge in [0.1, 0.15) is 11.4 Å². The quantitative estimate of drug-likeness (QED) is 0.476. The number of amides is 1. The fourth-order valence-corrected chi connectivity index (χ4v) is 4.14. The lowest BCUT2D eigenvalue weighted by atomic mass is 9.99. The van der Waals surface area contributed by atoms with Crippen LogP contribution in [0.1, 0.15) is 47.7 Å². The third-order valence-corrected chi connectivity index (χ3v) is 5.83. The Labute approximate surface area is 200 Å². The number of ether oxygens (including phenoxy) is 1. The van der Waals surface area contributed by atoms with Crippen LogP contribution in [0.15, 0.2) is 18.2 Å². The van der Waals surface area contributed by atoms with E-state index < -0.39 is 23.4 Å². The number of aromatic nitrogens is 2. The third-order valence-electron chi connectivity index (χ3n) is 5.83. The zero-order valence-corrected chi connectivity index (χ0v) is 19.5. The second kappa shape index (κ2) is 10.9. The number of nitrogens with zero attached hydrogens (tertiary/aromatic N) is 3. The van der Waals surface area contributed by atoms with Gasteiger partial charge in [0.25, 0.3) is 5.91 Å². The van der Waals surface area contributed by atoms with Crippen LogP contribution in [0.2, 0.25) is 0 Å². The van der Waals surface area contributed by atoms with E-state index in [4.69, 9.17) is 10.5 Å². The van der Waals surface area contributed by atoms with E-state index in [2.05, 4.69) is 20.4 Å². The first-order valence-corrected chi connectivity index (χ1v) is 11.2. The molecule has 0 aliphatic carbocycles. The van der Waals surface area contributed by atoms with E-state index in [0.29, 0.717) is 25.8 Å². The molecule has 190 valence electrons. The van der Waals surface area contributed by atoms with Gasteiger partial charge >= 0.3 is 12.1 Å². The Bertz CT molecular complexity index is 1090. The van der Waals surface area contributed by atoms with Crippen molar-refractivity contribution in [2.75, 3.05) is 31.6 Å². The number of primary amides is 1. The minimum atomic E-state index is -4.62. The van der Waals surface area contributed by atoms with Crippen molar-refractivity contribution in [1.29, 1.82) is 0 Å². The Kier molecular flexibility index (Phi) is 8.15. The molecule has 2 heterocycles. The number of anilines is 1. The molecule has 1 saturated heterocycles. The molecule has 4 N–H and O–H groups in total. The van der Waals surface area contributed by atoms with E-state index >= 15 is 0 Å². The second-order valence-corrected chi connectivity index (χ2v) is 8.33. The molecule has 1 aromatic heterocycles. The summed E-state index contributed by atoms with van der Waals surface area (Å²) in [6.45, 7) is 5.58. The van der Waals surface area contributed by atoms with Crippen LogP contribution in [-0.4, -0.2) is 64.4 Å². The van der Waals surface area contributed by atoms with Gasteiger partial charge in [-0.05, 0) is 57.0 Å². The molecular weight excluding hydrogens is 467 g/mol. The Morgan fingerprint density at radius 3 is 2.69 bits per heavy atom. The number of carbonyl (C=O) groups excluding carboxylic acids is 2. The number of benzene rings is 1. The maximum absolute atomic E-state index is 12.9. The number of rotatable bonds is 8. The van der Waals surface area contributed by atoms with Gasteiger partial charge in [-0.25, -0.2) is 0 Å². The predicted molar refractivity (Wildman–Crippen MR) is 122 cm³/mol. The number of nitrogens with two attached hydrogens (primary N) is 1. The van der Waals surface area contributed by atoms with E-state index in [1.54, 1.807) is 13.8 Å². The second-order valence-electron chi connectivity index (χ2n) is 8.33. The highest BCUT2D eigenvalue weighted by Crippen LogP contribution is 2.37. The number of halogens is 3. The summed E-state index contributed by atoms with van der Waals surface area (Å²) < 4.78 is 43.8. The molecule has 35 heavy (non-hydrogen) atoms. The lowest BCUT2D eigenvalue weighted by Crippen LogP contribution is -2.43. The maximum Gasteiger partial charge on any atom is 0.416 e. The van der Waals surface area contributed by atoms with Crippen molar-refractivity contribution in [3.63, 3.8) is 0 Å². The van der Waals surface area contributed by atoms with E-state index in [9.17, 15) is 27.9 Å². The number of hydrogen-bond donors (Lipinski definition) is 3. The highest BCUT2D eigenvalue weighted by atomic mass is 19.4. The van der Waals surface area contributed by atoms with E-state index in [1.807, 2.05) is 0 Å². The molecular formula is C23H28F3N5O4. The van der Waals surface area contributed by atoms with Crippen molar-refractivity contribution >= 4 is 17.7 Å². The van der Waals surface area contributed by atoms with Gasteiger partial charge in [0.15, 0.2) is 5.82 Å². The summed E-state index contributed by atoms with van der Waals surface area (Å²) in [5.41, 5.74) is 4.96. The van der Waals surface area contributed by atoms with Crippen LogP contribution in [0, 0.1) is 6.92 Å². The fourth-order valence-electron chi connectivity index (χ4n) is 4.14. The van der Waals surface area contributed by atoms with Gasteiger partial charge in [0.05, 0.1) is 24.2 Å². The summed E-state index contributed by atoms with van der Waals surface area (Å²) in [7, 11) is 0. The highest BCUT2D eigenvalue weighted by Gasteiger charge is 2.32.